The third-order valence-corrected chi connectivity index (χ3v) is 6.32. The highest BCUT2D eigenvalue weighted by Crippen LogP contribution is 2.25. The Morgan fingerprint density at radius 3 is 2.34 bits per heavy atom. The average molecular weight is 525 g/mol. The van der Waals surface area contributed by atoms with Gasteiger partial charge >= 0.3 is 0 Å². The molecule has 35 heavy (non-hydrogen) atoms. The summed E-state index contributed by atoms with van der Waals surface area (Å²) in [7, 11) is 3.37. The van der Waals surface area contributed by atoms with Crippen LogP contribution in [0.2, 0.25) is 10.0 Å². The zero-order valence-electron chi connectivity index (χ0n) is 20.6. The Balaban J connectivity index is 1.83. The Bertz CT molecular complexity index is 964. The smallest absolute Gasteiger partial charge is 0.229 e. The molecule has 0 unspecified atom stereocenters. The number of methoxy groups -OCH3 is 2. The lowest BCUT2D eigenvalue weighted by atomic mass is 10.2. The number of aromatic nitrogens is 2. The highest BCUT2D eigenvalue weighted by Gasteiger charge is 2.22. The van der Waals surface area contributed by atoms with E-state index in [9.17, 15) is 4.79 Å². The maximum atomic E-state index is 11.5. The van der Waals surface area contributed by atoms with Crippen LogP contribution >= 0.6 is 23.2 Å². The molecule has 11 heteroatoms. The van der Waals surface area contributed by atoms with Crippen LogP contribution in [-0.4, -0.2) is 93.9 Å². The zero-order chi connectivity index (χ0) is 25.2. The predicted molar refractivity (Wildman–Crippen MR) is 141 cm³/mol. The number of piperazine rings is 1. The molecule has 2 heterocycles. The van der Waals surface area contributed by atoms with Crippen molar-refractivity contribution in [1.82, 2.24) is 14.9 Å². The van der Waals surface area contributed by atoms with Gasteiger partial charge in [0.2, 0.25) is 5.95 Å². The topological polar surface area (TPSA) is 83.1 Å². The minimum absolute atomic E-state index is 0.177. The number of hydrogen-bond acceptors (Lipinski definition) is 9. The molecule has 0 spiro atoms. The van der Waals surface area contributed by atoms with Gasteiger partial charge in [-0.1, -0.05) is 29.3 Å². The van der Waals surface area contributed by atoms with E-state index in [0.717, 1.165) is 37.6 Å². The molecule has 2 aromatic rings. The second-order valence-electron chi connectivity index (χ2n) is 8.44. The Hall–Kier alpha value is -2.17. The van der Waals surface area contributed by atoms with Gasteiger partial charge in [-0.3, -0.25) is 9.69 Å². The van der Waals surface area contributed by atoms with E-state index in [2.05, 4.69) is 20.0 Å². The van der Waals surface area contributed by atoms with E-state index in [-0.39, 0.29) is 5.78 Å². The molecular formula is C24H34Cl2N6O3. The molecule has 1 fully saturated rings. The van der Waals surface area contributed by atoms with Gasteiger partial charge in [0.1, 0.15) is 17.4 Å². The van der Waals surface area contributed by atoms with Gasteiger partial charge in [-0.2, -0.15) is 9.97 Å². The summed E-state index contributed by atoms with van der Waals surface area (Å²) in [6.45, 7) is 8.13. The number of ketones is 1. The summed E-state index contributed by atoms with van der Waals surface area (Å²) in [5.41, 5.74) is 0.922. The number of halogens is 2. The van der Waals surface area contributed by atoms with Crippen molar-refractivity contribution in [3.63, 3.8) is 0 Å². The van der Waals surface area contributed by atoms with Crippen molar-refractivity contribution in [3.8, 4) is 0 Å². The number of rotatable bonds is 13. The maximum Gasteiger partial charge on any atom is 0.229 e. The Morgan fingerprint density at radius 2 is 1.74 bits per heavy atom. The molecule has 1 saturated heterocycles. The van der Waals surface area contributed by atoms with E-state index in [1.807, 2.05) is 18.2 Å². The van der Waals surface area contributed by atoms with E-state index >= 15 is 0 Å². The molecule has 1 aromatic carbocycles. The van der Waals surface area contributed by atoms with Crippen molar-refractivity contribution in [2.45, 2.75) is 13.5 Å². The van der Waals surface area contributed by atoms with E-state index < -0.39 is 0 Å². The number of carbonyl (C=O) groups excluding carboxylic acids is 1. The van der Waals surface area contributed by atoms with Crippen molar-refractivity contribution in [1.29, 1.82) is 0 Å². The van der Waals surface area contributed by atoms with Gasteiger partial charge in [0, 0.05) is 76.1 Å². The molecule has 192 valence electrons. The third-order valence-electron chi connectivity index (χ3n) is 5.73. The van der Waals surface area contributed by atoms with Crippen LogP contribution in [0.4, 0.5) is 17.6 Å². The predicted octanol–water partition coefficient (Wildman–Crippen LogP) is 3.21. The summed E-state index contributed by atoms with van der Waals surface area (Å²) in [6.07, 6.45) is 0. The molecule has 1 N–H and O–H groups in total. The van der Waals surface area contributed by atoms with Gasteiger partial charge in [-0.05, 0) is 24.6 Å². The Kier molecular flexibility index (Phi) is 10.8. The van der Waals surface area contributed by atoms with Crippen molar-refractivity contribution in [2.24, 2.45) is 0 Å². The number of carbonyl (C=O) groups is 1. The summed E-state index contributed by atoms with van der Waals surface area (Å²) in [4.78, 5) is 27.7. The second-order valence-corrected chi connectivity index (χ2v) is 9.28. The Labute approximate surface area is 217 Å². The van der Waals surface area contributed by atoms with Crippen LogP contribution in [0.15, 0.2) is 24.3 Å². The molecule has 1 aliphatic rings. The molecule has 3 rings (SSSR count). The molecule has 0 amide bonds. The molecule has 0 bridgehead atoms. The zero-order valence-corrected chi connectivity index (χ0v) is 22.1. The molecular weight excluding hydrogens is 491 g/mol. The first kappa shape index (κ1) is 27.4. The minimum Gasteiger partial charge on any atom is -0.383 e. The number of benzene rings is 1. The lowest BCUT2D eigenvalue weighted by Crippen LogP contribution is -2.48. The van der Waals surface area contributed by atoms with Crippen molar-refractivity contribution >= 4 is 46.6 Å². The average Bonchev–Trinajstić information content (AvgIpc) is 2.83. The van der Waals surface area contributed by atoms with Gasteiger partial charge in [-0.25, -0.2) is 0 Å². The quantitative estimate of drug-likeness (QED) is 0.424. The fraction of sp³-hybridized carbons (Fsp3) is 0.542. The molecule has 0 saturated carbocycles. The molecule has 0 aliphatic carbocycles. The lowest BCUT2D eigenvalue weighted by Gasteiger charge is -2.35. The third kappa shape index (κ3) is 8.47. The van der Waals surface area contributed by atoms with Crippen LogP contribution in [0.25, 0.3) is 0 Å². The van der Waals surface area contributed by atoms with Crippen molar-refractivity contribution < 1.29 is 14.3 Å². The summed E-state index contributed by atoms with van der Waals surface area (Å²) in [5, 5.41) is 4.59. The summed E-state index contributed by atoms with van der Waals surface area (Å²) >= 11 is 12.4. The second kappa shape index (κ2) is 13.8. The molecule has 1 aromatic heterocycles. The summed E-state index contributed by atoms with van der Waals surface area (Å²) < 4.78 is 10.6. The number of Topliss-reactive ketones (excluding diaryl/α,β-unsaturated/α-hetero) is 1. The summed E-state index contributed by atoms with van der Waals surface area (Å²) in [6, 6.07) is 7.39. The monoisotopic (exact) mass is 524 g/mol. The van der Waals surface area contributed by atoms with Gasteiger partial charge in [0.25, 0.3) is 0 Å². The van der Waals surface area contributed by atoms with E-state index in [1.165, 1.54) is 0 Å². The Morgan fingerprint density at radius 1 is 1.06 bits per heavy atom. The number of ether oxygens (including phenoxy) is 2. The van der Waals surface area contributed by atoms with Gasteiger partial charge in [0.15, 0.2) is 0 Å². The van der Waals surface area contributed by atoms with Crippen LogP contribution in [0.5, 0.6) is 0 Å². The van der Waals surface area contributed by atoms with Gasteiger partial charge in [-0.15, -0.1) is 0 Å². The van der Waals surface area contributed by atoms with Crippen LogP contribution in [0, 0.1) is 0 Å². The largest absolute Gasteiger partial charge is 0.383 e. The molecule has 0 atom stereocenters. The normalized spacial score (nSPS) is 14.3. The first-order valence-electron chi connectivity index (χ1n) is 11.7. The van der Waals surface area contributed by atoms with E-state index in [4.69, 9.17) is 42.6 Å². The first-order chi connectivity index (χ1) is 16.9. The SMILES string of the molecule is COCCN(CCOC)c1cc(NCc2ccc(Cl)cc2Cl)nc(N2CCN(CC(C)=O)CC2)n1. The summed E-state index contributed by atoms with van der Waals surface area (Å²) in [5.74, 6) is 2.31. The lowest BCUT2D eigenvalue weighted by molar-refractivity contribution is -0.118. The first-order valence-corrected chi connectivity index (χ1v) is 12.4. The number of nitrogens with zero attached hydrogens (tertiary/aromatic N) is 5. The van der Waals surface area contributed by atoms with E-state index in [1.54, 1.807) is 27.2 Å². The standard InChI is InChI=1S/C24H34Cl2N6O3/c1-18(33)17-30-6-8-32(9-7-30)24-28-22(27-16-19-4-5-20(25)14-21(19)26)15-23(29-24)31(10-12-34-2)11-13-35-3/h4-5,14-15H,6-13,16-17H2,1-3H3,(H,27,28,29). The van der Waals surface area contributed by atoms with Crippen LogP contribution in [-0.2, 0) is 20.8 Å². The fourth-order valence-corrected chi connectivity index (χ4v) is 4.31. The van der Waals surface area contributed by atoms with Crippen LogP contribution in [0.1, 0.15) is 12.5 Å². The van der Waals surface area contributed by atoms with Crippen molar-refractivity contribution in [2.75, 3.05) is 88.4 Å². The van der Waals surface area contributed by atoms with Crippen LogP contribution in [0.3, 0.4) is 0 Å². The number of nitrogens with one attached hydrogen (secondary N) is 1. The number of anilines is 3. The van der Waals surface area contributed by atoms with Crippen molar-refractivity contribution in [3.05, 3.63) is 39.9 Å². The minimum atomic E-state index is 0.177. The highest BCUT2D eigenvalue weighted by atomic mass is 35.5. The maximum absolute atomic E-state index is 11.5. The fourth-order valence-electron chi connectivity index (χ4n) is 3.83. The highest BCUT2D eigenvalue weighted by molar-refractivity contribution is 6.35. The number of hydrogen-bond donors (Lipinski definition) is 1. The molecule has 0 radical (unpaired) electrons. The molecule has 1 aliphatic heterocycles. The van der Waals surface area contributed by atoms with E-state index in [0.29, 0.717) is 61.2 Å². The van der Waals surface area contributed by atoms with Crippen LogP contribution < -0.4 is 15.1 Å². The van der Waals surface area contributed by atoms with Gasteiger partial charge in [0.05, 0.1) is 19.8 Å². The van der Waals surface area contributed by atoms with Gasteiger partial charge < -0.3 is 24.6 Å². The molecule has 9 nitrogen and oxygen atoms in total.